The van der Waals surface area contributed by atoms with Crippen LogP contribution in [0.25, 0.3) is 0 Å². The summed E-state index contributed by atoms with van der Waals surface area (Å²) in [6, 6.07) is 3.68. The van der Waals surface area contributed by atoms with Crippen molar-refractivity contribution >= 4 is 17.3 Å². The maximum Gasteiger partial charge on any atom is 0.305 e. The summed E-state index contributed by atoms with van der Waals surface area (Å²) in [5, 5.41) is 10.6. The fourth-order valence-corrected chi connectivity index (χ4v) is 2.56. The van der Waals surface area contributed by atoms with E-state index in [0.29, 0.717) is 25.2 Å². The van der Waals surface area contributed by atoms with E-state index in [1.165, 1.54) is 19.2 Å². The summed E-state index contributed by atoms with van der Waals surface area (Å²) < 4.78 is 18.6. The van der Waals surface area contributed by atoms with Gasteiger partial charge in [0.2, 0.25) is 0 Å². The van der Waals surface area contributed by atoms with Gasteiger partial charge in [-0.3, -0.25) is 14.9 Å². The van der Waals surface area contributed by atoms with E-state index in [1.54, 1.807) is 0 Å². The first-order valence-corrected chi connectivity index (χ1v) is 6.77. The number of hydrogen-bond donors (Lipinski definition) is 0. The fourth-order valence-electron chi connectivity index (χ4n) is 2.56. The molecule has 0 saturated carbocycles. The van der Waals surface area contributed by atoms with Crippen molar-refractivity contribution in [2.75, 3.05) is 25.1 Å². The van der Waals surface area contributed by atoms with Crippen LogP contribution in [0.2, 0.25) is 0 Å². The molecule has 0 radical (unpaired) electrons. The predicted octanol–water partition coefficient (Wildman–Crippen LogP) is 2.51. The van der Waals surface area contributed by atoms with Gasteiger partial charge in [-0.15, -0.1) is 0 Å². The standard InChI is InChI=1S/C14H17FN2O4/c1-21-14(18)8-10-4-6-16(7-5-10)13-3-2-11(17(19)20)9-12(13)15/h2-3,9-10H,4-8H2,1H3. The summed E-state index contributed by atoms with van der Waals surface area (Å²) in [7, 11) is 1.36. The number of non-ortho nitro benzene ring substituents is 1. The first kappa shape index (κ1) is 15.2. The Labute approximate surface area is 121 Å². The van der Waals surface area contributed by atoms with Crippen LogP contribution in [-0.2, 0) is 9.53 Å². The number of carbonyl (C=O) groups is 1. The summed E-state index contributed by atoms with van der Waals surface area (Å²) >= 11 is 0. The lowest BCUT2D eigenvalue weighted by Gasteiger charge is -2.33. The minimum Gasteiger partial charge on any atom is -0.469 e. The molecule has 0 atom stereocenters. The molecule has 0 aromatic heterocycles. The third-order valence-corrected chi connectivity index (χ3v) is 3.78. The number of anilines is 1. The minimum atomic E-state index is -0.616. The molecular formula is C14H17FN2O4. The number of esters is 1. The zero-order chi connectivity index (χ0) is 15.4. The van der Waals surface area contributed by atoms with Crippen LogP contribution in [0.5, 0.6) is 0 Å². The molecule has 0 bridgehead atoms. The minimum absolute atomic E-state index is 0.227. The highest BCUT2D eigenvalue weighted by Crippen LogP contribution is 2.29. The van der Waals surface area contributed by atoms with E-state index in [4.69, 9.17) is 0 Å². The van der Waals surface area contributed by atoms with Crippen LogP contribution in [0, 0.1) is 21.8 Å². The zero-order valence-electron chi connectivity index (χ0n) is 11.8. The molecule has 114 valence electrons. The number of nitro benzene ring substituents is 1. The van der Waals surface area contributed by atoms with Gasteiger partial charge < -0.3 is 9.64 Å². The van der Waals surface area contributed by atoms with Crippen molar-refractivity contribution in [3.05, 3.63) is 34.1 Å². The summed E-state index contributed by atoms with van der Waals surface area (Å²) in [5.74, 6) is -0.569. The second-order valence-corrected chi connectivity index (χ2v) is 5.10. The highest BCUT2D eigenvalue weighted by Gasteiger charge is 2.24. The van der Waals surface area contributed by atoms with Crippen molar-refractivity contribution in [3.63, 3.8) is 0 Å². The van der Waals surface area contributed by atoms with Crippen molar-refractivity contribution in [1.29, 1.82) is 0 Å². The zero-order valence-corrected chi connectivity index (χ0v) is 11.8. The molecule has 0 aliphatic carbocycles. The molecule has 1 fully saturated rings. The summed E-state index contributed by atoms with van der Waals surface area (Å²) in [6.45, 7) is 1.24. The molecule has 1 aliphatic heterocycles. The number of piperidine rings is 1. The van der Waals surface area contributed by atoms with E-state index in [-0.39, 0.29) is 17.6 Å². The molecule has 1 aromatic rings. The third kappa shape index (κ3) is 3.68. The number of ether oxygens (including phenoxy) is 1. The van der Waals surface area contributed by atoms with Crippen molar-refractivity contribution in [2.24, 2.45) is 5.92 Å². The number of hydrogen-bond acceptors (Lipinski definition) is 5. The average molecular weight is 296 g/mol. The Morgan fingerprint density at radius 2 is 2.14 bits per heavy atom. The van der Waals surface area contributed by atoms with E-state index in [0.717, 1.165) is 18.9 Å². The second-order valence-electron chi connectivity index (χ2n) is 5.10. The fraction of sp³-hybridized carbons (Fsp3) is 0.500. The number of methoxy groups -OCH3 is 1. The molecule has 7 heteroatoms. The molecule has 1 heterocycles. The third-order valence-electron chi connectivity index (χ3n) is 3.78. The van der Waals surface area contributed by atoms with Crippen molar-refractivity contribution < 1.29 is 18.8 Å². The average Bonchev–Trinajstić information content (AvgIpc) is 2.48. The quantitative estimate of drug-likeness (QED) is 0.485. The normalized spacial score (nSPS) is 15.8. The van der Waals surface area contributed by atoms with Gasteiger partial charge in [0, 0.05) is 25.6 Å². The maximum absolute atomic E-state index is 13.9. The monoisotopic (exact) mass is 296 g/mol. The summed E-state index contributed by atoms with van der Waals surface area (Å²) in [5.41, 5.74) is 0.119. The van der Waals surface area contributed by atoms with Crippen LogP contribution in [0.1, 0.15) is 19.3 Å². The molecule has 1 aromatic carbocycles. The lowest BCUT2D eigenvalue weighted by atomic mass is 9.93. The molecule has 0 spiro atoms. The topological polar surface area (TPSA) is 72.7 Å². The van der Waals surface area contributed by atoms with E-state index >= 15 is 0 Å². The van der Waals surface area contributed by atoms with Crippen LogP contribution in [-0.4, -0.2) is 31.1 Å². The molecular weight excluding hydrogens is 279 g/mol. The summed E-state index contributed by atoms with van der Waals surface area (Å²) in [4.78, 5) is 23.1. The van der Waals surface area contributed by atoms with Crippen LogP contribution in [0.4, 0.5) is 15.8 Å². The van der Waals surface area contributed by atoms with Crippen molar-refractivity contribution in [1.82, 2.24) is 0 Å². The van der Waals surface area contributed by atoms with Gasteiger partial charge in [-0.25, -0.2) is 4.39 Å². The summed E-state index contributed by atoms with van der Waals surface area (Å²) in [6.07, 6.45) is 1.92. The molecule has 2 rings (SSSR count). The molecule has 0 N–H and O–H groups in total. The van der Waals surface area contributed by atoms with Crippen LogP contribution in [0.15, 0.2) is 18.2 Å². The SMILES string of the molecule is COC(=O)CC1CCN(c2ccc([N+](=O)[O-])cc2F)CC1. The Kier molecular flexibility index (Phi) is 4.72. The molecule has 6 nitrogen and oxygen atoms in total. The van der Waals surface area contributed by atoms with Crippen LogP contribution in [0.3, 0.4) is 0 Å². The number of carbonyl (C=O) groups excluding carboxylic acids is 1. The van der Waals surface area contributed by atoms with Gasteiger partial charge in [-0.05, 0) is 24.8 Å². The Morgan fingerprint density at radius 3 is 2.67 bits per heavy atom. The van der Waals surface area contributed by atoms with Crippen molar-refractivity contribution in [2.45, 2.75) is 19.3 Å². The van der Waals surface area contributed by atoms with Gasteiger partial charge >= 0.3 is 5.97 Å². The molecule has 21 heavy (non-hydrogen) atoms. The van der Waals surface area contributed by atoms with Gasteiger partial charge in [0.05, 0.1) is 23.8 Å². The number of nitrogens with zero attached hydrogens (tertiary/aromatic N) is 2. The number of nitro groups is 1. The molecule has 0 unspecified atom stereocenters. The molecule has 0 amide bonds. The maximum atomic E-state index is 13.9. The van der Waals surface area contributed by atoms with E-state index < -0.39 is 10.7 Å². The lowest BCUT2D eigenvalue weighted by molar-refractivity contribution is -0.385. The molecule has 1 saturated heterocycles. The van der Waals surface area contributed by atoms with Gasteiger partial charge in [-0.2, -0.15) is 0 Å². The number of rotatable bonds is 4. The van der Waals surface area contributed by atoms with Crippen LogP contribution >= 0.6 is 0 Å². The van der Waals surface area contributed by atoms with E-state index in [9.17, 15) is 19.3 Å². The smallest absolute Gasteiger partial charge is 0.305 e. The van der Waals surface area contributed by atoms with Gasteiger partial charge in [-0.1, -0.05) is 0 Å². The Hall–Kier alpha value is -2.18. The van der Waals surface area contributed by atoms with Gasteiger partial charge in [0.1, 0.15) is 0 Å². The second kappa shape index (κ2) is 6.51. The predicted molar refractivity (Wildman–Crippen MR) is 74.6 cm³/mol. The Bertz CT molecular complexity index is 542. The number of halogens is 1. The Morgan fingerprint density at radius 1 is 1.48 bits per heavy atom. The molecule has 1 aliphatic rings. The highest BCUT2D eigenvalue weighted by atomic mass is 19.1. The van der Waals surface area contributed by atoms with Crippen LogP contribution < -0.4 is 4.90 Å². The number of benzene rings is 1. The largest absolute Gasteiger partial charge is 0.469 e. The first-order chi connectivity index (χ1) is 10.0. The van der Waals surface area contributed by atoms with Gasteiger partial charge in [0.25, 0.3) is 5.69 Å². The first-order valence-electron chi connectivity index (χ1n) is 6.77. The lowest BCUT2D eigenvalue weighted by Crippen LogP contribution is -2.35. The Balaban J connectivity index is 1.99. The van der Waals surface area contributed by atoms with E-state index in [2.05, 4.69) is 4.74 Å². The highest BCUT2D eigenvalue weighted by molar-refractivity contribution is 5.69. The van der Waals surface area contributed by atoms with E-state index in [1.807, 2.05) is 4.90 Å². The van der Waals surface area contributed by atoms with Gasteiger partial charge in [0.15, 0.2) is 5.82 Å². The van der Waals surface area contributed by atoms with Crippen molar-refractivity contribution in [3.8, 4) is 0 Å².